The fourth-order valence-electron chi connectivity index (χ4n) is 3.21. The molecular formula is C14H27N3O2. The zero-order valence-corrected chi connectivity index (χ0v) is 11.9. The van der Waals surface area contributed by atoms with Crippen LogP contribution in [0.4, 0.5) is 0 Å². The van der Waals surface area contributed by atoms with Crippen molar-refractivity contribution in [3.05, 3.63) is 0 Å². The van der Waals surface area contributed by atoms with Crippen LogP contribution in [0.15, 0.2) is 0 Å². The number of hydrogen-bond donors (Lipinski definition) is 2. The first-order valence-electron chi connectivity index (χ1n) is 7.45. The molecule has 0 aromatic heterocycles. The van der Waals surface area contributed by atoms with Crippen LogP contribution in [0.5, 0.6) is 0 Å². The van der Waals surface area contributed by atoms with Crippen LogP contribution in [0.3, 0.4) is 0 Å². The molecule has 0 bridgehead atoms. The van der Waals surface area contributed by atoms with E-state index in [-0.39, 0.29) is 0 Å². The maximum atomic E-state index is 11.1. The second kappa shape index (κ2) is 6.20. The van der Waals surface area contributed by atoms with Crippen molar-refractivity contribution in [3.8, 4) is 0 Å². The zero-order chi connectivity index (χ0) is 13.9. The topological polar surface area (TPSA) is 81.6 Å². The summed E-state index contributed by atoms with van der Waals surface area (Å²) in [6.07, 6.45) is 6.91. The minimum absolute atomic E-state index is 0.408. The molecule has 5 nitrogen and oxygen atoms in total. The van der Waals surface area contributed by atoms with E-state index in [1.807, 2.05) is 0 Å². The largest absolute Gasteiger partial charge is 0.375 e. The Bertz CT molecular complexity index is 320. The van der Waals surface area contributed by atoms with Crippen LogP contribution in [-0.2, 0) is 9.53 Å². The van der Waals surface area contributed by atoms with E-state index in [1.54, 1.807) is 6.92 Å². The average Bonchev–Trinajstić information content (AvgIpc) is 2.83. The first-order valence-corrected chi connectivity index (χ1v) is 7.45. The molecule has 5 heteroatoms. The second-order valence-corrected chi connectivity index (χ2v) is 6.18. The summed E-state index contributed by atoms with van der Waals surface area (Å²) in [5.74, 6) is -0.408. The number of nitrogens with two attached hydrogens (primary N) is 2. The quantitative estimate of drug-likeness (QED) is 0.692. The van der Waals surface area contributed by atoms with Crippen LogP contribution in [0.1, 0.15) is 45.4 Å². The highest BCUT2D eigenvalue weighted by Crippen LogP contribution is 2.29. The number of rotatable bonds is 6. The number of ether oxygens (including phenoxy) is 1. The number of carbonyl (C=O) groups is 1. The molecule has 4 N–H and O–H groups in total. The van der Waals surface area contributed by atoms with Crippen molar-refractivity contribution in [2.75, 3.05) is 19.7 Å². The summed E-state index contributed by atoms with van der Waals surface area (Å²) in [5.41, 5.74) is 10.3. The van der Waals surface area contributed by atoms with Gasteiger partial charge in [-0.05, 0) is 52.0 Å². The van der Waals surface area contributed by atoms with Crippen molar-refractivity contribution < 1.29 is 9.53 Å². The van der Waals surface area contributed by atoms with E-state index in [0.29, 0.717) is 18.6 Å². The van der Waals surface area contributed by atoms with E-state index >= 15 is 0 Å². The minimum atomic E-state index is -0.860. The molecule has 0 aromatic carbocycles. The summed E-state index contributed by atoms with van der Waals surface area (Å²) < 4.78 is 5.80. The SMILES string of the molecule is CC(N)(CCCCN1CCOC2CCCC21)C(N)=O. The van der Waals surface area contributed by atoms with E-state index in [1.165, 1.54) is 19.3 Å². The van der Waals surface area contributed by atoms with Crippen LogP contribution in [0.2, 0.25) is 0 Å². The smallest absolute Gasteiger partial charge is 0.237 e. The highest BCUT2D eigenvalue weighted by molar-refractivity contribution is 5.83. The zero-order valence-electron chi connectivity index (χ0n) is 11.9. The third-order valence-electron chi connectivity index (χ3n) is 4.55. The normalized spacial score (nSPS) is 30.8. The summed E-state index contributed by atoms with van der Waals surface area (Å²) in [5, 5.41) is 0. The lowest BCUT2D eigenvalue weighted by molar-refractivity contribution is -0.122. The number of nitrogens with zero attached hydrogens (tertiary/aromatic N) is 1. The van der Waals surface area contributed by atoms with Gasteiger partial charge in [0.15, 0.2) is 0 Å². The summed E-state index contributed by atoms with van der Waals surface area (Å²) in [7, 11) is 0. The van der Waals surface area contributed by atoms with Crippen molar-refractivity contribution in [3.63, 3.8) is 0 Å². The molecule has 2 aliphatic rings. The van der Waals surface area contributed by atoms with Gasteiger partial charge in [0, 0.05) is 12.6 Å². The fourth-order valence-corrected chi connectivity index (χ4v) is 3.21. The second-order valence-electron chi connectivity index (χ2n) is 6.18. The molecule has 3 unspecified atom stereocenters. The lowest BCUT2D eigenvalue weighted by Crippen LogP contribution is -2.50. The molecule has 2 rings (SSSR count). The average molecular weight is 269 g/mol. The van der Waals surface area contributed by atoms with Crippen LogP contribution < -0.4 is 11.5 Å². The molecular weight excluding hydrogens is 242 g/mol. The molecule has 0 aromatic rings. The maximum absolute atomic E-state index is 11.1. The van der Waals surface area contributed by atoms with Gasteiger partial charge in [0.2, 0.25) is 5.91 Å². The van der Waals surface area contributed by atoms with Crippen molar-refractivity contribution in [2.45, 2.75) is 63.1 Å². The van der Waals surface area contributed by atoms with E-state index in [2.05, 4.69) is 4.90 Å². The molecule has 0 spiro atoms. The molecule has 1 heterocycles. The van der Waals surface area contributed by atoms with Crippen molar-refractivity contribution in [1.29, 1.82) is 0 Å². The Hall–Kier alpha value is -0.650. The van der Waals surface area contributed by atoms with Gasteiger partial charge in [-0.3, -0.25) is 9.69 Å². The maximum Gasteiger partial charge on any atom is 0.237 e. The fraction of sp³-hybridized carbons (Fsp3) is 0.929. The summed E-state index contributed by atoms with van der Waals surface area (Å²) in [6, 6.07) is 0.620. The molecule has 3 atom stereocenters. The Morgan fingerprint density at radius 3 is 2.95 bits per heavy atom. The number of amides is 1. The van der Waals surface area contributed by atoms with Crippen LogP contribution >= 0.6 is 0 Å². The standard InChI is InChI=1S/C14H27N3O2/c1-14(16,13(15)18)7-2-3-8-17-9-10-19-12-6-4-5-11(12)17/h11-12H,2-10,16H2,1H3,(H2,15,18). The van der Waals surface area contributed by atoms with Gasteiger partial charge in [-0.25, -0.2) is 0 Å². The molecule has 1 saturated heterocycles. The lowest BCUT2D eigenvalue weighted by atomic mass is 9.95. The first-order chi connectivity index (χ1) is 9.00. The Morgan fingerprint density at radius 2 is 2.21 bits per heavy atom. The number of morpholine rings is 1. The number of hydrogen-bond acceptors (Lipinski definition) is 4. The van der Waals surface area contributed by atoms with Gasteiger partial charge >= 0.3 is 0 Å². The summed E-state index contributed by atoms with van der Waals surface area (Å²) in [4.78, 5) is 13.7. The van der Waals surface area contributed by atoms with E-state index < -0.39 is 11.4 Å². The number of primary amides is 1. The first kappa shape index (κ1) is 14.8. The molecule has 110 valence electrons. The Kier molecular flexibility index (Phi) is 4.81. The van der Waals surface area contributed by atoms with Crippen LogP contribution in [0.25, 0.3) is 0 Å². The van der Waals surface area contributed by atoms with Gasteiger partial charge in [0.25, 0.3) is 0 Å². The number of fused-ring (bicyclic) bond motifs is 1. The molecule has 1 saturated carbocycles. The van der Waals surface area contributed by atoms with E-state index in [4.69, 9.17) is 16.2 Å². The van der Waals surface area contributed by atoms with Crippen molar-refractivity contribution in [1.82, 2.24) is 4.90 Å². The molecule has 19 heavy (non-hydrogen) atoms. The predicted octanol–water partition coefficient (Wildman–Crippen LogP) is 0.613. The Morgan fingerprint density at radius 1 is 1.42 bits per heavy atom. The van der Waals surface area contributed by atoms with Gasteiger partial charge in [-0.15, -0.1) is 0 Å². The Labute approximate surface area is 115 Å². The van der Waals surface area contributed by atoms with E-state index in [0.717, 1.165) is 32.5 Å². The molecule has 1 aliphatic carbocycles. The van der Waals surface area contributed by atoms with Crippen molar-refractivity contribution >= 4 is 5.91 Å². The third-order valence-corrected chi connectivity index (χ3v) is 4.55. The van der Waals surface area contributed by atoms with Gasteiger partial charge in [0.1, 0.15) is 0 Å². The molecule has 1 aliphatic heterocycles. The van der Waals surface area contributed by atoms with Crippen LogP contribution in [0, 0.1) is 0 Å². The monoisotopic (exact) mass is 269 g/mol. The molecule has 0 radical (unpaired) electrons. The molecule has 2 fully saturated rings. The third kappa shape index (κ3) is 3.68. The van der Waals surface area contributed by atoms with Crippen LogP contribution in [-0.4, -0.2) is 48.2 Å². The highest BCUT2D eigenvalue weighted by atomic mass is 16.5. The van der Waals surface area contributed by atoms with Crippen molar-refractivity contribution in [2.24, 2.45) is 11.5 Å². The summed E-state index contributed by atoms with van der Waals surface area (Å²) >= 11 is 0. The minimum Gasteiger partial charge on any atom is -0.375 e. The lowest BCUT2D eigenvalue weighted by Gasteiger charge is -2.37. The number of unbranched alkanes of at least 4 members (excludes halogenated alkanes) is 1. The molecule has 1 amide bonds. The van der Waals surface area contributed by atoms with E-state index in [9.17, 15) is 4.79 Å². The van der Waals surface area contributed by atoms with Gasteiger partial charge in [0.05, 0.1) is 18.2 Å². The van der Waals surface area contributed by atoms with Gasteiger partial charge in [-0.1, -0.05) is 0 Å². The predicted molar refractivity (Wildman–Crippen MR) is 74.6 cm³/mol. The highest BCUT2D eigenvalue weighted by Gasteiger charge is 2.35. The van der Waals surface area contributed by atoms with Gasteiger partial charge in [-0.2, -0.15) is 0 Å². The van der Waals surface area contributed by atoms with Gasteiger partial charge < -0.3 is 16.2 Å². The summed E-state index contributed by atoms with van der Waals surface area (Å²) in [6.45, 7) is 4.70. The Balaban J connectivity index is 1.69. The number of carbonyl (C=O) groups excluding carboxylic acids is 1.